The molecule has 0 aliphatic heterocycles. The third kappa shape index (κ3) is 4.38. The second-order valence-electron chi connectivity index (χ2n) is 5.61. The van der Waals surface area contributed by atoms with Crippen molar-refractivity contribution in [3.63, 3.8) is 0 Å². The summed E-state index contributed by atoms with van der Waals surface area (Å²) < 4.78 is 28.2. The molecule has 0 saturated heterocycles. The first-order valence-corrected chi connectivity index (χ1v) is 11.0. The van der Waals surface area contributed by atoms with Crippen molar-refractivity contribution in [3.8, 4) is 5.69 Å². The molecular weight excluding hydrogens is 400 g/mol. The summed E-state index contributed by atoms with van der Waals surface area (Å²) in [7, 11) is -3.64. The predicted octanol–water partition coefficient (Wildman–Crippen LogP) is 1.93. The molecule has 11 heteroatoms. The molecule has 0 radical (unpaired) electrons. The molecular formula is C17H18N6O3S2. The van der Waals surface area contributed by atoms with Crippen LogP contribution in [-0.4, -0.2) is 47.3 Å². The summed E-state index contributed by atoms with van der Waals surface area (Å²) in [5, 5.41) is 14.9. The highest BCUT2D eigenvalue weighted by molar-refractivity contribution is 7.98. The van der Waals surface area contributed by atoms with Gasteiger partial charge in [0.25, 0.3) is 5.91 Å². The van der Waals surface area contributed by atoms with Gasteiger partial charge in [0.05, 0.1) is 10.6 Å². The van der Waals surface area contributed by atoms with E-state index < -0.39 is 15.9 Å². The lowest BCUT2D eigenvalue weighted by atomic mass is 10.2. The maximum Gasteiger partial charge on any atom is 0.255 e. The van der Waals surface area contributed by atoms with Gasteiger partial charge >= 0.3 is 0 Å². The van der Waals surface area contributed by atoms with Crippen molar-refractivity contribution < 1.29 is 13.2 Å². The zero-order chi connectivity index (χ0) is 20.1. The Balaban J connectivity index is 1.83. The summed E-state index contributed by atoms with van der Waals surface area (Å²) in [5.74, 6) is -0.424. The Labute approximate surface area is 166 Å². The molecule has 0 aliphatic rings. The molecule has 1 heterocycles. The van der Waals surface area contributed by atoms with Crippen molar-refractivity contribution in [2.45, 2.75) is 17.0 Å². The van der Waals surface area contributed by atoms with E-state index in [4.69, 9.17) is 0 Å². The number of nitrogens with zero attached hydrogens (tertiary/aromatic N) is 4. The van der Waals surface area contributed by atoms with Crippen molar-refractivity contribution in [2.24, 2.45) is 0 Å². The van der Waals surface area contributed by atoms with Crippen LogP contribution in [-0.2, 0) is 10.0 Å². The maximum atomic E-state index is 12.6. The fourth-order valence-corrected chi connectivity index (χ4v) is 3.98. The van der Waals surface area contributed by atoms with E-state index in [-0.39, 0.29) is 17.0 Å². The average molecular weight is 419 g/mol. The first kappa shape index (κ1) is 20.0. The Morgan fingerprint density at radius 3 is 2.71 bits per heavy atom. The lowest BCUT2D eigenvalue weighted by Crippen LogP contribution is -2.23. The number of sulfonamides is 1. The molecule has 3 aromatic rings. The largest absolute Gasteiger partial charge is 0.322 e. The Kier molecular flexibility index (Phi) is 6.07. The molecule has 0 fully saturated rings. The minimum absolute atomic E-state index is 0.0362. The molecule has 28 heavy (non-hydrogen) atoms. The van der Waals surface area contributed by atoms with Crippen LogP contribution in [0.5, 0.6) is 0 Å². The van der Waals surface area contributed by atoms with Crippen LogP contribution < -0.4 is 10.0 Å². The monoisotopic (exact) mass is 418 g/mol. The molecule has 2 N–H and O–H groups in total. The van der Waals surface area contributed by atoms with Gasteiger partial charge in [-0.2, -0.15) is 4.68 Å². The van der Waals surface area contributed by atoms with Gasteiger partial charge in [0.2, 0.25) is 15.2 Å². The summed E-state index contributed by atoms with van der Waals surface area (Å²) in [6, 6.07) is 12.9. The Bertz CT molecular complexity index is 1100. The van der Waals surface area contributed by atoms with Crippen molar-refractivity contribution in [2.75, 3.05) is 18.1 Å². The first-order valence-electron chi connectivity index (χ1n) is 8.28. The highest BCUT2D eigenvalue weighted by Gasteiger charge is 2.16. The normalized spacial score (nSPS) is 11.4. The fourth-order valence-electron chi connectivity index (χ4n) is 2.46. The second kappa shape index (κ2) is 8.50. The van der Waals surface area contributed by atoms with E-state index >= 15 is 0 Å². The number of carbonyl (C=O) groups is 1. The number of nitrogens with one attached hydrogen (secondary N) is 2. The average Bonchev–Trinajstić information content (AvgIpc) is 3.17. The number of anilines is 1. The number of tetrazole rings is 1. The van der Waals surface area contributed by atoms with Crippen LogP contribution in [0.15, 0.2) is 58.6 Å². The third-order valence-electron chi connectivity index (χ3n) is 3.71. The van der Waals surface area contributed by atoms with Gasteiger partial charge in [-0.3, -0.25) is 4.79 Å². The SMILES string of the molecule is CCNS(=O)(=O)c1cccc(C(=O)Nc2cccc(-n3nnnc3SC)c2)c1. The van der Waals surface area contributed by atoms with E-state index in [1.807, 2.05) is 12.3 Å². The van der Waals surface area contributed by atoms with E-state index in [1.54, 1.807) is 35.9 Å². The number of carbonyl (C=O) groups excluding carboxylic acids is 1. The quantitative estimate of drug-likeness (QED) is 0.563. The van der Waals surface area contributed by atoms with Crippen LogP contribution >= 0.6 is 11.8 Å². The zero-order valence-electron chi connectivity index (χ0n) is 15.2. The van der Waals surface area contributed by atoms with Crippen LogP contribution in [0.3, 0.4) is 0 Å². The lowest BCUT2D eigenvalue weighted by molar-refractivity contribution is 0.102. The fraction of sp³-hybridized carbons (Fsp3) is 0.176. The molecule has 146 valence electrons. The van der Waals surface area contributed by atoms with Gasteiger partial charge in [-0.25, -0.2) is 13.1 Å². The molecule has 0 saturated carbocycles. The Morgan fingerprint density at radius 1 is 1.18 bits per heavy atom. The standard InChI is InChI=1S/C17H18N6O3S2/c1-3-18-28(25,26)15-9-4-6-12(10-15)16(24)19-13-7-5-8-14(11-13)23-17(27-2)20-21-22-23/h4-11,18H,3H2,1-2H3,(H,19,24). The van der Waals surface area contributed by atoms with Crippen LogP contribution in [0.25, 0.3) is 5.69 Å². The molecule has 0 aliphatic carbocycles. The number of amides is 1. The highest BCUT2D eigenvalue weighted by atomic mass is 32.2. The van der Waals surface area contributed by atoms with E-state index in [2.05, 4.69) is 25.6 Å². The number of benzene rings is 2. The molecule has 3 rings (SSSR count). The molecule has 1 amide bonds. The maximum absolute atomic E-state index is 12.6. The van der Waals surface area contributed by atoms with Crippen LogP contribution in [0.4, 0.5) is 5.69 Å². The first-order chi connectivity index (χ1) is 13.4. The van der Waals surface area contributed by atoms with Crippen LogP contribution in [0.2, 0.25) is 0 Å². The Hall–Kier alpha value is -2.76. The molecule has 0 unspecified atom stereocenters. The summed E-state index contributed by atoms with van der Waals surface area (Å²) in [6.45, 7) is 1.95. The molecule has 0 spiro atoms. The molecule has 2 aromatic carbocycles. The molecule has 9 nitrogen and oxygen atoms in total. The van der Waals surface area contributed by atoms with Gasteiger partial charge in [0, 0.05) is 17.8 Å². The zero-order valence-corrected chi connectivity index (χ0v) is 16.8. The molecule has 0 atom stereocenters. The van der Waals surface area contributed by atoms with Crippen LogP contribution in [0, 0.1) is 0 Å². The molecule has 1 aromatic heterocycles. The Morgan fingerprint density at radius 2 is 1.96 bits per heavy atom. The van der Waals surface area contributed by atoms with Crippen molar-refractivity contribution in [1.82, 2.24) is 24.9 Å². The summed E-state index contributed by atoms with van der Waals surface area (Å²) in [5.41, 5.74) is 1.46. The van der Waals surface area contributed by atoms with Crippen LogP contribution in [0.1, 0.15) is 17.3 Å². The van der Waals surface area contributed by atoms with E-state index in [9.17, 15) is 13.2 Å². The van der Waals surface area contributed by atoms with E-state index in [1.165, 1.54) is 30.0 Å². The van der Waals surface area contributed by atoms with Gasteiger partial charge in [-0.05, 0) is 53.1 Å². The third-order valence-corrected chi connectivity index (χ3v) is 5.88. The molecule has 0 bridgehead atoms. The van der Waals surface area contributed by atoms with Crippen molar-refractivity contribution in [1.29, 1.82) is 0 Å². The van der Waals surface area contributed by atoms with Crippen molar-refractivity contribution >= 4 is 33.4 Å². The smallest absolute Gasteiger partial charge is 0.255 e. The number of hydrogen-bond acceptors (Lipinski definition) is 7. The number of rotatable bonds is 7. The topological polar surface area (TPSA) is 119 Å². The van der Waals surface area contributed by atoms with Gasteiger partial charge < -0.3 is 5.32 Å². The summed E-state index contributed by atoms with van der Waals surface area (Å²) in [6.07, 6.45) is 1.86. The van der Waals surface area contributed by atoms with Gasteiger partial charge in [0.15, 0.2) is 0 Å². The van der Waals surface area contributed by atoms with E-state index in [0.717, 1.165) is 0 Å². The number of hydrogen-bond donors (Lipinski definition) is 2. The van der Waals surface area contributed by atoms with E-state index in [0.29, 0.717) is 16.5 Å². The highest BCUT2D eigenvalue weighted by Crippen LogP contribution is 2.20. The van der Waals surface area contributed by atoms with Gasteiger partial charge in [-0.15, -0.1) is 5.10 Å². The van der Waals surface area contributed by atoms with Gasteiger partial charge in [-0.1, -0.05) is 30.8 Å². The number of aromatic nitrogens is 4. The summed E-state index contributed by atoms with van der Waals surface area (Å²) >= 11 is 1.40. The number of thioether (sulfide) groups is 1. The minimum Gasteiger partial charge on any atom is -0.322 e. The van der Waals surface area contributed by atoms with Crippen molar-refractivity contribution in [3.05, 3.63) is 54.1 Å². The second-order valence-corrected chi connectivity index (χ2v) is 8.15. The van der Waals surface area contributed by atoms with Gasteiger partial charge in [0.1, 0.15) is 0 Å². The minimum atomic E-state index is -3.64. The lowest BCUT2D eigenvalue weighted by Gasteiger charge is -2.09. The summed E-state index contributed by atoms with van der Waals surface area (Å²) in [4.78, 5) is 12.6. The predicted molar refractivity (Wildman–Crippen MR) is 106 cm³/mol.